The summed E-state index contributed by atoms with van der Waals surface area (Å²) in [7, 11) is 0. The topological polar surface area (TPSA) is 95.5 Å². The number of carboxylic acids is 1. The average Bonchev–Trinajstić information content (AvgIpc) is 2.43. The van der Waals surface area contributed by atoms with Crippen LogP contribution in [-0.4, -0.2) is 35.5 Å². The number of hydrogen-bond donors (Lipinski definition) is 3. The molecule has 0 heterocycles. The summed E-state index contributed by atoms with van der Waals surface area (Å²) >= 11 is 0. The second-order valence-corrected chi connectivity index (χ2v) is 8.00. The maximum absolute atomic E-state index is 12.2. The minimum atomic E-state index is -1.08. The van der Waals surface area contributed by atoms with E-state index in [0.29, 0.717) is 6.42 Å². The fourth-order valence-corrected chi connectivity index (χ4v) is 5.44. The quantitative estimate of drug-likeness (QED) is 0.687. The van der Waals surface area contributed by atoms with Gasteiger partial charge in [0.05, 0.1) is 6.54 Å². The van der Waals surface area contributed by atoms with E-state index in [4.69, 9.17) is 5.11 Å². The first-order chi connectivity index (χ1) is 10.8. The Balaban J connectivity index is 1.46. The molecule has 4 aliphatic rings. The van der Waals surface area contributed by atoms with E-state index in [2.05, 4.69) is 10.6 Å². The van der Waals surface area contributed by atoms with Crippen molar-refractivity contribution in [2.75, 3.05) is 6.54 Å². The van der Waals surface area contributed by atoms with E-state index in [9.17, 15) is 14.4 Å². The summed E-state index contributed by atoms with van der Waals surface area (Å²) in [6.07, 6.45) is 8.03. The van der Waals surface area contributed by atoms with Crippen LogP contribution in [0.1, 0.15) is 51.9 Å². The Kier molecular flexibility index (Phi) is 4.34. The predicted octanol–water partition coefficient (Wildman–Crippen LogP) is 1.30. The first-order valence-electron chi connectivity index (χ1n) is 8.64. The third-order valence-corrected chi connectivity index (χ3v) is 5.89. The number of carbonyl (C=O) groups is 3. The molecule has 1 unspecified atom stereocenters. The Hall–Kier alpha value is -1.59. The van der Waals surface area contributed by atoms with Gasteiger partial charge in [-0.3, -0.25) is 14.4 Å². The van der Waals surface area contributed by atoms with Gasteiger partial charge in [-0.2, -0.15) is 0 Å². The van der Waals surface area contributed by atoms with Gasteiger partial charge in [0.2, 0.25) is 11.8 Å². The van der Waals surface area contributed by atoms with Crippen molar-refractivity contribution in [3.05, 3.63) is 0 Å². The molecule has 0 aromatic heterocycles. The number of carbonyl (C=O) groups excluding carboxylic acids is 2. The summed E-state index contributed by atoms with van der Waals surface area (Å²) in [4.78, 5) is 34.6. The van der Waals surface area contributed by atoms with Gasteiger partial charge in [0, 0.05) is 6.42 Å². The van der Waals surface area contributed by atoms with Gasteiger partial charge in [-0.25, -0.2) is 0 Å². The Bertz CT molecular complexity index is 481. The molecular formula is C17H26N2O4. The minimum Gasteiger partial charge on any atom is -0.480 e. The number of nitrogens with one attached hydrogen (secondary N) is 2. The van der Waals surface area contributed by atoms with Gasteiger partial charge in [-0.15, -0.1) is 0 Å². The summed E-state index contributed by atoms with van der Waals surface area (Å²) in [6.45, 7) is 1.25. The van der Waals surface area contributed by atoms with Gasteiger partial charge in [0.15, 0.2) is 0 Å². The number of hydrogen-bond acceptors (Lipinski definition) is 3. The third kappa shape index (κ3) is 3.67. The van der Waals surface area contributed by atoms with Crippen LogP contribution in [0, 0.1) is 23.2 Å². The lowest BCUT2D eigenvalue weighted by Crippen LogP contribution is -2.49. The molecule has 128 valence electrons. The summed E-state index contributed by atoms with van der Waals surface area (Å²) in [5.74, 6) is 0.776. The van der Waals surface area contributed by atoms with E-state index in [-0.39, 0.29) is 17.9 Å². The van der Waals surface area contributed by atoms with Gasteiger partial charge >= 0.3 is 5.97 Å². The number of aliphatic carboxylic acids is 1. The first kappa shape index (κ1) is 16.3. The third-order valence-electron chi connectivity index (χ3n) is 5.89. The second-order valence-electron chi connectivity index (χ2n) is 8.00. The molecule has 23 heavy (non-hydrogen) atoms. The van der Waals surface area contributed by atoms with Gasteiger partial charge in [-0.05, 0) is 68.6 Å². The highest BCUT2D eigenvalue weighted by Crippen LogP contribution is 2.61. The molecular weight excluding hydrogens is 296 g/mol. The normalized spacial score (nSPS) is 35.6. The van der Waals surface area contributed by atoms with Crippen LogP contribution in [0.15, 0.2) is 0 Å². The minimum absolute atomic E-state index is 0.0786. The summed E-state index contributed by atoms with van der Waals surface area (Å²) < 4.78 is 0. The molecule has 0 saturated heterocycles. The van der Waals surface area contributed by atoms with Crippen LogP contribution < -0.4 is 10.6 Å². The van der Waals surface area contributed by atoms with E-state index in [1.807, 2.05) is 0 Å². The van der Waals surface area contributed by atoms with E-state index in [1.165, 1.54) is 26.2 Å². The standard InChI is InChI=1S/C17H26N2O4/c1-10(16(22)23)19-15(21)9-18-14(20)8-17-5-11-2-12(6-17)4-13(3-11)7-17/h10-13H,2-9H2,1H3,(H,18,20)(H,19,21)(H,22,23). The predicted molar refractivity (Wildman–Crippen MR) is 83.5 cm³/mol. The molecule has 0 spiro atoms. The smallest absolute Gasteiger partial charge is 0.325 e. The van der Waals surface area contributed by atoms with Crippen molar-refractivity contribution in [3.8, 4) is 0 Å². The van der Waals surface area contributed by atoms with E-state index in [1.54, 1.807) is 0 Å². The number of carboxylic acid groups (broad SMARTS) is 1. The van der Waals surface area contributed by atoms with Crippen molar-refractivity contribution in [1.29, 1.82) is 0 Å². The van der Waals surface area contributed by atoms with Crippen LogP contribution in [0.2, 0.25) is 0 Å². The fraction of sp³-hybridized carbons (Fsp3) is 0.824. The summed E-state index contributed by atoms with van der Waals surface area (Å²) in [5, 5.41) is 13.7. The largest absolute Gasteiger partial charge is 0.480 e. The summed E-state index contributed by atoms with van der Waals surface area (Å²) in [5.41, 5.74) is 0.156. The Morgan fingerprint density at radius 2 is 1.57 bits per heavy atom. The lowest BCUT2D eigenvalue weighted by Gasteiger charge is -2.56. The van der Waals surface area contributed by atoms with E-state index in [0.717, 1.165) is 37.0 Å². The van der Waals surface area contributed by atoms with E-state index < -0.39 is 17.9 Å². The van der Waals surface area contributed by atoms with Crippen molar-refractivity contribution in [2.24, 2.45) is 23.2 Å². The van der Waals surface area contributed by atoms with Gasteiger partial charge < -0.3 is 15.7 Å². The van der Waals surface area contributed by atoms with Crippen molar-refractivity contribution in [3.63, 3.8) is 0 Å². The molecule has 0 aromatic rings. The maximum Gasteiger partial charge on any atom is 0.325 e. The SMILES string of the molecule is CC(NC(=O)CNC(=O)CC12CC3CC(CC(C3)C1)C2)C(=O)O. The highest BCUT2D eigenvalue weighted by molar-refractivity contribution is 5.87. The molecule has 0 aliphatic heterocycles. The Morgan fingerprint density at radius 3 is 2.04 bits per heavy atom. The zero-order valence-corrected chi connectivity index (χ0v) is 13.6. The van der Waals surface area contributed by atoms with Crippen molar-refractivity contribution < 1.29 is 19.5 Å². The van der Waals surface area contributed by atoms with Crippen molar-refractivity contribution in [1.82, 2.24) is 10.6 Å². The molecule has 2 amide bonds. The Morgan fingerprint density at radius 1 is 1.04 bits per heavy atom. The van der Waals surface area contributed by atoms with Crippen LogP contribution >= 0.6 is 0 Å². The monoisotopic (exact) mass is 322 g/mol. The molecule has 6 nitrogen and oxygen atoms in total. The lowest BCUT2D eigenvalue weighted by atomic mass is 9.49. The molecule has 4 aliphatic carbocycles. The molecule has 6 heteroatoms. The fourth-order valence-electron chi connectivity index (χ4n) is 5.44. The van der Waals surface area contributed by atoms with Crippen LogP contribution in [0.3, 0.4) is 0 Å². The van der Waals surface area contributed by atoms with Gasteiger partial charge in [0.25, 0.3) is 0 Å². The molecule has 3 N–H and O–H groups in total. The number of amides is 2. The second kappa shape index (κ2) is 6.13. The molecule has 4 fully saturated rings. The zero-order valence-electron chi connectivity index (χ0n) is 13.6. The molecule has 0 radical (unpaired) electrons. The van der Waals surface area contributed by atoms with Crippen molar-refractivity contribution >= 4 is 17.8 Å². The molecule has 0 aromatic carbocycles. The van der Waals surface area contributed by atoms with Crippen LogP contribution in [0.5, 0.6) is 0 Å². The highest BCUT2D eigenvalue weighted by atomic mass is 16.4. The number of rotatable bonds is 6. The molecule has 4 bridgehead atoms. The lowest BCUT2D eigenvalue weighted by molar-refractivity contribution is -0.141. The van der Waals surface area contributed by atoms with Crippen molar-refractivity contribution in [2.45, 2.75) is 57.9 Å². The summed E-state index contributed by atoms with van der Waals surface area (Å²) in [6, 6.07) is -0.942. The average molecular weight is 322 g/mol. The Labute approximate surface area is 136 Å². The first-order valence-corrected chi connectivity index (χ1v) is 8.64. The molecule has 1 atom stereocenters. The van der Waals surface area contributed by atoms with Crippen LogP contribution in [0.4, 0.5) is 0 Å². The van der Waals surface area contributed by atoms with E-state index >= 15 is 0 Å². The molecule has 4 rings (SSSR count). The van der Waals surface area contributed by atoms with Crippen LogP contribution in [0.25, 0.3) is 0 Å². The van der Waals surface area contributed by atoms with Gasteiger partial charge in [0.1, 0.15) is 6.04 Å². The van der Waals surface area contributed by atoms with Crippen LogP contribution in [-0.2, 0) is 14.4 Å². The maximum atomic E-state index is 12.2. The zero-order chi connectivity index (χ0) is 16.6. The highest BCUT2D eigenvalue weighted by Gasteiger charge is 2.51. The molecule has 4 saturated carbocycles. The van der Waals surface area contributed by atoms with Gasteiger partial charge in [-0.1, -0.05) is 0 Å².